The highest BCUT2D eigenvalue weighted by atomic mass is 16.5. The summed E-state index contributed by atoms with van der Waals surface area (Å²) in [5.74, 6) is 3.06. The number of nitrogens with zero attached hydrogens (tertiary/aromatic N) is 2. The Labute approximate surface area is 116 Å². The van der Waals surface area contributed by atoms with Gasteiger partial charge in [-0.15, -0.1) is 0 Å². The van der Waals surface area contributed by atoms with E-state index in [-0.39, 0.29) is 0 Å². The first-order valence-electron chi connectivity index (χ1n) is 7.12. The minimum atomic E-state index is 0.452. The molecule has 2 N–H and O–H groups in total. The molecule has 1 aromatic rings. The lowest BCUT2D eigenvalue weighted by molar-refractivity contribution is 0.128. The molecule has 5 nitrogen and oxygen atoms in total. The molecule has 0 aliphatic carbocycles. The van der Waals surface area contributed by atoms with Crippen LogP contribution in [0.25, 0.3) is 0 Å². The average Bonchev–Trinajstić information content (AvgIpc) is 2.42. The van der Waals surface area contributed by atoms with Crippen LogP contribution >= 0.6 is 0 Å². The van der Waals surface area contributed by atoms with E-state index < -0.39 is 0 Å². The monoisotopic (exact) mass is 266 g/mol. The number of hydrogen-bond acceptors (Lipinski definition) is 5. The van der Waals surface area contributed by atoms with E-state index >= 15 is 0 Å². The largest absolute Gasteiger partial charge is 0.374 e. The van der Waals surface area contributed by atoms with E-state index in [4.69, 9.17) is 4.74 Å². The number of anilines is 2. The summed E-state index contributed by atoms with van der Waals surface area (Å²) < 4.78 is 5.37. The second kappa shape index (κ2) is 8.69. The normalized spacial score (nSPS) is 12.2. The molecule has 1 aromatic heterocycles. The van der Waals surface area contributed by atoms with E-state index in [0.717, 1.165) is 31.1 Å². The molecule has 1 rings (SSSR count). The Morgan fingerprint density at radius 1 is 1.16 bits per heavy atom. The van der Waals surface area contributed by atoms with Gasteiger partial charge in [-0.3, -0.25) is 0 Å². The smallest absolute Gasteiger partial charge is 0.158 e. The molecule has 0 aliphatic rings. The zero-order valence-electron chi connectivity index (χ0n) is 12.5. The maximum atomic E-state index is 5.37. The summed E-state index contributed by atoms with van der Waals surface area (Å²) in [6.07, 6.45) is 1.16. The Bertz CT molecular complexity index is 370. The second-order valence-corrected chi connectivity index (χ2v) is 4.62. The molecular formula is C14H26N4O. The molecule has 1 atom stereocenters. The van der Waals surface area contributed by atoms with Crippen LogP contribution < -0.4 is 10.6 Å². The predicted molar refractivity (Wildman–Crippen MR) is 79.5 cm³/mol. The zero-order chi connectivity index (χ0) is 14.1. The van der Waals surface area contributed by atoms with Gasteiger partial charge in [0.2, 0.25) is 0 Å². The quantitative estimate of drug-likeness (QED) is 0.719. The highest BCUT2D eigenvalue weighted by Crippen LogP contribution is 2.13. The van der Waals surface area contributed by atoms with Crippen LogP contribution in [0, 0.1) is 5.92 Å². The lowest BCUT2D eigenvalue weighted by Crippen LogP contribution is -2.13. The zero-order valence-corrected chi connectivity index (χ0v) is 12.5. The third-order valence-corrected chi connectivity index (χ3v) is 2.89. The second-order valence-electron chi connectivity index (χ2n) is 4.62. The average molecular weight is 266 g/mol. The van der Waals surface area contributed by atoms with Crippen molar-refractivity contribution in [1.29, 1.82) is 0 Å². The number of aromatic nitrogens is 2. The minimum Gasteiger partial charge on any atom is -0.374 e. The molecule has 0 radical (unpaired) electrons. The molecule has 0 saturated carbocycles. The van der Waals surface area contributed by atoms with Crippen molar-refractivity contribution in [1.82, 2.24) is 9.97 Å². The number of nitrogens with one attached hydrogen (secondary N) is 2. The number of rotatable bonds is 9. The number of ether oxygens (including phenoxy) is 1. The Morgan fingerprint density at radius 3 is 2.42 bits per heavy atom. The van der Waals surface area contributed by atoms with Crippen LogP contribution in [0.15, 0.2) is 6.07 Å². The van der Waals surface area contributed by atoms with Crippen molar-refractivity contribution in [3.8, 4) is 0 Å². The lowest BCUT2D eigenvalue weighted by atomic mass is 10.1. The summed E-state index contributed by atoms with van der Waals surface area (Å²) in [4.78, 5) is 8.89. The van der Waals surface area contributed by atoms with Crippen LogP contribution in [0.4, 0.5) is 11.6 Å². The molecule has 0 amide bonds. The van der Waals surface area contributed by atoms with E-state index in [0.29, 0.717) is 25.0 Å². The highest BCUT2D eigenvalue weighted by Gasteiger charge is 2.05. The molecule has 108 valence electrons. The third-order valence-electron chi connectivity index (χ3n) is 2.89. The lowest BCUT2D eigenvalue weighted by Gasteiger charge is -2.13. The van der Waals surface area contributed by atoms with Gasteiger partial charge in [-0.05, 0) is 19.8 Å². The van der Waals surface area contributed by atoms with Crippen molar-refractivity contribution in [3.63, 3.8) is 0 Å². The van der Waals surface area contributed by atoms with Crippen molar-refractivity contribution in [2.75, 3.05) is 30.3 Å². The minimum absolute atomic E-state index is 0.452. The van der Waals surface area contributed by atoms with E-state index in [1.165, 1.54) is 0 Å². The highest BCUT2D eigenvalue weighted by molar-refractivity contribution is 5.47. The topological polar surface area (TPSA) is 59.1 Å². The molecule has 0 bridgehead atoms. The first-order chi connectivity index (χ1) is 9.19. The molecular weight excluding hydrogens is 240 g/mol. The van der Waals surface area contributed by atoms with E-state index in [2.05, 4.69) is 41.4 Å². The van der Waals surface area contributed by atoms with Gasteiger partial charge in [0.1, 0.15) is 18.2 Å². The van der Waals surface area contributed by atoms with Crippen LogP contribution in [-0.2, 0) is 11.3 Å². The molecule has 5 heteroatoms. The molecule has 0 fully saturated rings. The Morgan fingerprint density at radius 2 is 1.84 bits per heavy atom. The molecule has 19 heavy (non-hydrogen) atoms. The molecule has 0 aliphatic heterocycles. The van der Waals surface area contributed by atoms with Gasteiger partial charge in [-0.1, -0.05) is 20.3 Å². The van der Waals surface area contributed by atoms with Gasteiger partial charge in [0.15, 0.2) is 5.82 Å². The van der Waals surface area contributed by atoms with Crippen LogP contribution in [0.5, 0.6) is 0 Å². The van der Waals surface area contributed by atoms with E-state index in [1.54, 1.807) is 0 Å². The van der Waals surface area contributed by atoms with Crippen LogP contribution in [0.1, 0.15) is 39.9 Å². The van der Waals surface area contributed by atoms with Gasteiger partial charge in [0.25, 0.3) is 0 Å². The van der Waals surface area contributed by atoms with Gasteiger partial charge < -0.3 is 15.4 Å². The summed E-state index contributed by atoms with van der Waals surface area (Å²) in [6.45, 7) is 11.3. The van der Waals surface area contributed by atoms with Crippen molar-refractivity contribution in [2.24, 2.45) is 5.92 Å². The Hall–Kier alpha value is -1.36. The molecule has 0 spiro atoms. The summed E-state index contributed by atoms with van der Waals surface area (Å²) in [6, 6.07) is 1.95. The standard InChI is InChI=1S/C14H26N4O/c1-5-11(4)9-16-13-8-12(15-6-2)17-14(18-13)10-19-7-3/h8,11H,5-7,9-10H2,1-4H3,(H2,15,16,17,18). The Kier molecular flexibility index (Phi) is 7.18. The fourth-order valence-corrected chi connectivity index (χ4v) is 1.54. The van der Waals surface area contributed by atoms with Crippen molar-refractivity contribution >= 4 is 11.6 Å². The number of hydrogen-bond donors (Lipinski definition) is 2. The van der Waals surface area contributed by atoms with Gasteiger partial charge in [-0.2, -0.15) is 0 Å². The predicted octanol–water partition coefficient (Wildman–Crippen LogP) is 2.90. The van der Waals surface area contributed by atoms with Gasteiger partial charge in [-0.25, -0.2) is 9.97 Å². The first-order valence-corrected chi connectivity index (χ1v) is 7.12. The third kappa shape index (κ3) is 5.87. The molecule has 1 heterocycles. The fourth-order valence-electron chi connectivity index (χ4n) is 1.54. The van der Waals surface area contributed by atoms with Crippen molar-refractivity contribution < 1.29 is 4.74 Å². The first kappa shape index (κ1) is 15.7. The van der Waals surface area contributed by atoms with Crippen LogP contribution in [0.3, 0.4) is 0 Å². The molecule has 0 aromatic carbocycles. The van der Waals surface area contributed by atoms with Gasteiger partial charge >= 0.3 is 0 Å². The van der Waals surface area contributed by atoms with Crippen LogP contribution in [0.2, 0.25) is 0 Å². The van der Waals surface area contributed by atoms with E-state index in [9.17, 15) is 0 Å². The van der Waals surface area contributed by atoms with Gasteiger partial charge in [0.05, 0.1) is 0 Å². The van der Waals surface area contributed by atoms with Gasteiger partial charge in [0, 0.05) is 25.8 Å². The molecule has 0 saturated heterocycles. The summed E-state index contributed by atoms with van der Waals surface area (Å²) in [7, 11) is 0. The summed E-state index contributed by atoms with van der Waals surface area (Å²) >= 11 is 0. The maximum absolute atomic E-state index is 5.37. The molecule has 1 unspecified atom stereocenters. The summed E-state index contributed by atoms with van der Waals surface area (Å²) in [5.41, 5.74) is 0. The van der Waals surface area contributed by atoms with E-state index in [1.807, 2.05) is 13.0 Å². The maximum Gasteiger partial charge on any atom is 0.158 e. The fraction of sp³-hybridized carbons (Fsp3) is 0.714. The Balaban J connectivity index is 2.73. The van der Waals surface area contributed by atoms with Crippen molar-refractivity contribution in [3.05, 3.63) is 11.9 Å². The SMILES string of the molecule is CCNc1cc(NCC(C)CC)nc(COCC)n1. The van der Waals surface area contributed by atoms with Crippen LogP contribution in [-0.4, -0.2) is 29.7 Å². The van der Waals surface area contributed by atoms with Crippen molar-refractivity contribution in [2.45, 2.75) is 40.7 Å². The summed E-state index contributed by atoms with van der Waals surface area (Å²) in [5, 5.41) is 6.58.